The van der Waals surface area contributed by atoms with Crippen LogP contribution in [0.1, 0.15) is 47.0 Å². The first kappa shape index (κ1) is 17.0. The van der Waals surface area contributed by atoms with E-state index in [4.69, 9.17) is 9.98 Å². The second kappa shape index (κ2) is 5.12. The third-order valence-corrected chi connectivity index (χ3v) is 10.1. The second-order valence-corrected chi connectivity index (χ2v) is 11.2. The van der Waals surface area contributed by atoms with Crippen molar-refractivity contribution < 1.29 is 9.59 Å². The molecule has 0 bridgehead atoms. The molecular weight excluding hydrogens is 364 g/mol. The van der Waals surface area contributed by atoms with Crippen LogP contribution in [0, 0.1) is 47.3 Å². The molecule has 0 aromatic rings. The predicted molar refractivity (Wildman–Crippen MR) is 108 cm³/mol. The molecular formula is C23H30N4O2. The molecule has 2 saturated heterocycles. The van der Waals surface area contributed by atoms with Crippen LogP contribution in [0.3, 0.4) is 0 Å². The first-order chi connectivity index (χ1) is 13.9. The fraction of sp³-hybridized carbons (Fsp3) is 0.826. The standard InChI is InChI=1S/C23H30N4O2/c1-8-5-12-17(11(8)4)23(29)27-19-14(24-20(12)27)7-15-18(19)25-21-13-6-9(2)10(3)16(13)22(28)26(15)21/h8-19H,5-7H2,1-4H3. The van der Waals surface area contributed by atoms with Crippen molar-refractivity contribution in [1.82, 2.24) is 9.80 Å². The summed E-state index contributed by atoms with van der Waals surface area (Å²) in [5.41, 5.74) is 0. The maximum atomic E-state index is 13.5. The molecule has 29 heavy (non-hydrogen) atoms. The van der Waals surface area contributed by atoms with Gasteiger partial charge in [-0.2, -0.15) is 0 Å². The molecule has 3 saturated carbocycles. The monoisotopic (exact) mass is 394 g/mol. The molecule has 6 nitrogen and oxygen atoms in total. The smallest absolute Gasteiger partial charge is 0.232 e. The van der Waals surface area contributed by atoms with Crippen molar-refractivity contribution in [1.29, 1.82) is 0 Å². The number of amides is 2. The molecule has 2 amide bonds. The van der Waals surface area contributed by atoms with Gasteiger partial charge in [0.15, 0.2) is 0 Å². The lowest BCUT2D eigenvalue weighted by Crippen LogP contribution is -2.48. The van der Waals surface area contributed by atoms with Crippen molar-refractivity contribution in [3.63, 3.8) is 0 Å². The summed E-state index contributed by atoms with van der Waals surface area (Å²) in [7, 11) is 0. The molecule has 6 heteroatoms. The molecule has 5 fully saturated rings. The van der Waals surface area contributed by atoms with E-state index in [1.807, 2.05) is 0 Å². The highest BCUT2D eigenvalue weighted by molar-refractivity contribution is 6.12. The molecule has 0 N–H and O–H groups in total. The van der Waals surface area contributed by atoms with Gasteiger partial charge >= 0.3 is 0 Å². The number of nitrogens with zero attached hydrogens (tertiary/aromatic N) is 4. The number of aliphatic imine (C=N–C) groups is 2. The Morgan fingerprint density at radius 3 is 1.93 bits per heavy atom. The molecule has 0 aromatic carbocycles. The van der Waals surface area contributed by atoms with Gasteiger partial charge in [-0.25, -0.2) is 0 Å². The van der Waals surface area contributed by atoms with Crippen LogP contribution in [0.2, 0.25) is 0 Å². The van der Waals surface area contributed by atoms with Crippen LogP contribution in [0.15, 0.2) is 9.98 Å². The van der Waals surface area contributed by atoms with Gasteiger partial charge in [-0.3, -0.25) is 29.4 Å². The zero-order valence-electron chi connectivity index (χ0n) is 17.7. The topological polar surface area (TPSA) is 65.3 Å². The van der Waals surface area contributed by atoms with E-state index in [0.29, 0.717) is 47.3 Å². The molecule has 12 unspecified atom stereocenters. The minimum atomic E-state index is 0.0304. The Labute approximate surface area is 171 Å². The van der Waals surface area contributed by atoms with Crippen LogP contribution >= 0.6 is 0 Å². The largest absolute Gasteiger partial charge is 0.295 e. The van der Waals surface area contributed by atoms with Gasteiger partial charge in [0.05, 0.1) is 36.0 Å². The van der Waals surface area contributed by atoms with Gasteiger partial charge in [0.1, 0.15) is 11.7 Å². The minimum Gasteiger partial charge on any atom is -0.295 e. The Bertz CT molecular complexity index is 911. The Morgan fingerprint density at radius 2 is 1.31 bits per heavy atom. The maximum absolute atomic E-state index is 13.5. The van der Waals surface area contributed by atoms with Crippen molar-refractivity contribution >= 4 is 23.5 Å². The molecule has 0 aromatic heterocycles. The van der Waals surface area contributed by atoms with Crippen LogP contribution < -0.4 is 0 Å². The number of carbonyl (C=O) groups is 2. The van der Waals surface area contributed by atoms with E-state index in [9.17, 15) is 9.59 Å². The quantitative estimate of drug-likeness (QED) is 0.632. The highest BCUT2D eigenvalue weighted by Gasteiger charge is 2.67. The summed E-state index contributed by atoms with van der Waals surface area (Å²) in [6.07, 6.45) is 3.02. The van der Waals surface area contributed by atoms with E-state index in [-0.39, 0.29) is 36.0 Å². The van der Waals surface area contributed by atoms with Crippen molar-refractivity contribution in [2.45, 2.75) is 71.1 Å². The van der Waals surface area contributed by atoms with Crippen molar-refractivity contribution in [2.24, 2.45) is 57.3 Å². The Balaban J connectivity index is 1.25. The maximum Gasteiger partial charge on any atom is 0.232 e. The Morgan fingerprint density at radius 1 is 0.759 bits per heavy atom. The number of carbonyl (C=O) groups excluding carboxylic acids is 2. The Hall–Kier alpha value is -1.72. The third-order valence-electron chi connectivity index (χ3n) is 10.1. The molecule has 7 aliphatic rings. The van der Waals surface area contributed by atoms with Gasteiger partial charge in [0.25, 0.3) is 0 Å². The summed E-state index contributed by atoms with van der Waals surface area (Å²) < 4.78 is 0. The van der Waals surface area contributed by atoms with Crippen LogP contribution in [-0.2, 0) is 9.59 Å². The molecule has 7 rings (SSSR count). The van der Waals surface area contributed by atoms with E-state index in [1.165, 1.54) is 0 Å². The van der Waals surface area contributed by atoms with E-state index in [1.54, 1.807) is 0 Å². The molecule has 154 valence electrons. The molecule has 0 spiro atoms. The summed E-state index contributed by atoms with van der Waals surface area (Å²) in [4.78, 5) is 41.2. The summed E-state index contributed by atoms with van der Waals surface area (Å²) in [6, 6.07) is 0.334. The van der Waals surface area contributed by atoms with Crippen LogP contribution in [0.5, 0.6) is 0 Å². The lowest BCUT2D eigenvalue weighted by molar-refractivity contribution is -0.132. The average molecular weight is 395 g/mol. The SMILES string of the molecule is CC1CC2C3=NC4C(CC5N=C6C7CC(C)C(C)C7C(=O)N6C54)N3C(=O)C2C1C. The van der Waals surface area contributed by atoms with Crippen molar-refractivity contribution in [3.05, 3.63) is 0 Å². The van der Waals surface area contributed by atoms with Gasteiger partial charge in [0.2, 0.25) is 11.8 Å². The summed E-state index contributed by atoms with van der Waals surface area (Å²) in [6.45, 7) is 9.01. The van der Waals surface area contributed by atoms with Gasteiger partial charge in [0, 0.05) is 11.8 Å². The zero-order chi connectivity index (χ0) is 19.9. The molecule has 12 atom stereocenters. The van der Waals surface area contributed by atoms with Crippen LogP contribution in [0.25, 0.3) is 0 Å². The molecule has 4 heterocycles. The highest BCUT2D eigenvalue weighted by Crippen LogP contribution is 2.56. The van der Waals surface area contributed by atoms with Crippen LogP contribution in [-0.4, -0.2) is 57.5 Å². The zero-order valence-corrected chi connectivity index (χ0v) is 17.7. The fourth-order valence-electron chi connectivity index (χ4n) is 8.32. The predicted octanol–water partition coefficient (Wildman–Crippen LogP) is 2.19. The first-order valence-corrected chi connectivity index (χ1v) is 11.7. The highest BCUT2D eigenvalue weighted by atomic mass is 16.2. The van der Waals surface area contributed by atoms with Crippen molar-refractivity contribution in [2.75, 3.05) is 0 Å². The van der Waals surface area contributed by atoms with Gasteiger partial charge < -0.3 is 0 Å². The van der Waals surface area contributed by atoms with Gasteiger partial charge in [-0.1, -0.05) is 27.7 Å². The lowest BCUT2D eigenvalue weighted by atomic mass is 9.90. The summed E-state index contributed by atoms with van der Waals surface area (Å²) in [5, 5.41) is 0. The van der Waals surface area contributed by atoms with E-state index < -0.39 is 0 Å². The minimum absolute atomic E-state index is 0.0304. The number of hydrogen-bond donors (Lipinski definition) is 0. The average Bonchev–Trinajstić information content (AvgIpc) is 3.46. The number of hydrogen-bond acceptors (Lipinski definition) is 4. The summed E-state index contributed by atoms with van der Waals surface area (Å²) >= 11 is 0. The number of rotatable bonds is 0. The normalized spacial score (nSPS) is 56.3. The molecule has 4 aliphatic heterocycles. The summed E-state index contributed by atoms with van der Waals surface area (Å²) in [5.74, 6) is 5.58. The fourth-order valence-corrected chi connectivity index (χ4v) is 8.32. The second-order valence-electron chi connectivity index (χ2n) is 11.2. The first-order valence-electron chi connectivity index (χ1n) is 11.7. The third kappa shape index (κ3) is 1.74. The van der Waals surface area contributed by atoms with Gasteiger partial charge in [-0.05, 0) is 42.9 Å². The number of fused-ring (bicyclic) bond motifs is 11. The van der Waals surface area contributed by atoms with E-state index >= 15 is 0 Å². The molecule has 0 radical (unpaired) electrons. The Kier molecular flexibility index (Phi) is 3.00. The van der Waals surface area contributed by atoms with Crippen molar-refractivity contribution in [3.8, 4) is 0 Å². The number of amidine groups is 2. The van der Waals surface area contributed by atoms with E-state index in [0.717, 1.165) is 30.9 Å². The molecule has 3 aliphatic carbocycles. The lowest BCUT2D eigenvalue weighted by Gasteiger charge is -2.28. The van der Waals surface area contributed by atoms with Gasteiger partial charge in [-0.15, -0.1) is 0 Å². The van der Waals surface area contributed by atoms with Crippen LogP contribution in [0.4, 0.5) is 0 Å². The van der Waals surface area contributed by atoms with E-state index in [2.05, 4.69) is 37.5 Å².